The fraction of sp³-hybridized carbons (Fsp3) is 0.188. The summed E-state index contributed by atoms with van der Waals surface area (Å²) in [5.41, 5.74) is 1.84. The van der Waals surface area contributed by atoms with E-state index in [9.17, 15) is 4.79 Å². The maximum atomic E-state index is 11.6. The van der Waals surface area contributed by atoms with Gasteiger partial charge in [0.25, 0.3) is 0 Å². The van der Waals surface area contributed by atoms with Crippen LogP contribution in [-0.4, -0.2) is 19.2 Å². The molecule has 0 aliphatic rings. The monoisotopic (exact) mass is 255 g/mol. The van der Waals surface area contributed by atoms with Gasteiger partial charge in [-0.25, -0.2) is 4.79 Å². The maximum Gasteiger partial charge on any atom is 0.339 e. The molecule has 2 rings (SSSR count). The Labute approximate surface area is 113 Å². The van der Waals surface area contributed by atoms with E-state index in [0.29, 0.717) is 5.56 Å². The molecule has 0 unspecified atom stereocenters. The summed E-state index contributed by atoms with van der Waals surface area (Å²) in [5.74, 6) is -0.298. The number of hydrogen-bond acceptors (Lipinski definition) is 3. The topological polar surface area (TPSA) is 38.3 Å². The molecule has 0 radical (unpaired) electrons. The van der Waals surface area contributed by atoms with E-state index in [2.05, 4.69) is 17.4 Å². The molecule has 98 valence electrons. The van der Waals surface area contributed by atoms with Crippen molar-refractivity contribution in [3.63, 3.8) is 0 Å². The maximum absolute atomic E-state index is 11.6. The molecule has 0 saturated heterocycles. The van der Waals surface area contributed by atoms with E-state index in [4.69, 9.17) is 4.74 Å². The van der Waals surface area contributed by atoms with E-state index in [0.717, 1.165) is 13.0 Å². The van der Waals surface area contributed by atoms with Crippen LogP contribution in [-0.2, 0) is 11.2 Å². The van der Waals surface area contributed by atoms with Crippen LogP contribution in [0.4, 0.5) is 0 Å². The van der Waals surface area contributed by atoms with Crippen LogP contribution < -0.4 is 5.32 Å². The summed E-state index contributed by atoms with van der Waals surface area (Å²) in [6, 6.07) is 19.2. The fourth-order valence-electron chi connectivity index (χ4n) is 1.72. The molecule has 0 fully saturated rings. The number of rotatable bonds is 6. The average molecular weight is 255 g/mol. The molecule has 0 heterocycles. The molecule has 0 aliphatic heterocycles. The Morgan fingerprint density at radius 3 is 2.26 bits per heavy atom. The Bertz CT molecular complexity index is 497. The van der Waals surface area contributed by atoms with Gasteiger partial charge in [-0.05, 0) is 24.1 Å². The first-order valence-corrected chi connectivity index (χ1v) is 6.33. The van der Waals surface area contributed by atoms with E-state index in [1.54, 1.807) is 12.1 Å². The van der Waals surface area contributed by atoms with Crippen molar-refractivity contribution in [2.45, 2.75) is 6.42 Å². The van der Waals surface area contributed by atoms with Gasteiger partial charge < -0.3 is 4.74 Å². The van der Waals surface area contributed by atoms with Gasteiger partial charge in [0.15, 0.2) is 0 Å². The van der Waals surface area contributed by atoms with Crippen LogP contribution in [0.2, 0.25) is 0 Å². The van der Waals surface area contributed by atoms with E-state index in [1.165, 1.54) is 5.56 Å². The van der Waals surface area contributed by atoms with Crippen molar-refractivity contribution in [2.24, 2.45) is 0 Å². The first-order valence-electron chi connectivity index (χ1n) is 6.33. The molecule has 0 aromatic heterocycles. The van der Waals surface area contributed by atoms with Crippen LogP contribution in [0.15, 0.2) is 60.7 Å². The molecule has 0 spiro atoms. The minimum Gasteiger partial charge on any atom is -0.446 e. The normalized spacial score (nSPS) is 10.1. The predicted molar refractivity (Wildman–Crippen MR) is 74.9 cm³/mol. The lowest BCUT2D eigenvalue weighted by Gasteiger charge is -2.06. The minimum atomic E-state index is -0.298. The molecule has 2 aromatic carbocycles. The lowest BCUT2D eigenvalue weighted by atomic mass is 10.2. The number of esters is 1. The summed E-state index contributed by atoms with van der Waals surface area (Å²) in [5, 5.41) is 3.09. The smallest absolute Gasteiger partial charge is 0.339 e. The second-order valence-electron chi connectivity index (χ2n) is 4.18. The highest BCUT2D eigenvalue weighted by atomic mass is 16.5. The first-order chi connectivity index (χ1) is 9.36. The minimum absolute atomic E-state index is 0.237. The van der Waals surface area contributed by atoms with E-state index in [1.807, 2.05) is 36.4 Å². The zero-order valence-electron chi connectivity index (χ0n) is 10.7. The van der Waals surface area contributed by atoms with Crippen LogP contribution >= 0.6 is 0 Å². The van der Waals surface area contributed by atoms with Crippen molar-refractivity contribution in [1.82, 2.24) is 5.32 Å². The highest BCUT2D eigenvalue weighted by Crippen LogP contribution is 2.00. The highest BCUT2D eigenvalue weighted by Gasteiger charge is 2.04. The highest BCUT2D eigenvalue weighted by molar-refractivity contribution is 5.89. The molecule has 0 bridgehead atoms. The first kappa shape index (κ1) is 13.3. The van der Waals surface area contributed by atoms with E-state index in [-0.39, 0.29) is 12.7 Å². The molecule has 0 atom stereocenters. The third-order valence-electron chi connectivity index (χ3n) is 2.75. The quantitative estimate of drug-likeness (QED) is 0.490. The lowest BCUT2D eigenvalue weighted by Crippen LogP contribution is -2.23. The summed E-state index contributed by atoms with van der Waals surface area (Å²) in [7, 11) is 0. The summed E-state index contributed by atoms with van der Waals surface area (Å²) in [6.45, 7) is 1.02. The zero-order valence-corrected chi connectivity index (χ0v) is 10.7. The molecule has 0 amide bonds. The molecule has 0 saturated carbocycles. The Balaban J connectivity index is 1.63. The van der Waals surface area contributed by atoms with Crippen LogP contribution in [0.25, 0.3) is 0 Å². The number of nitrogens with one attached hydrogen (secondary N) is 1. The average Bonchev–Trinajstić information content (AvgIpc) is 2.49. The van der Waals surface area contributed by atoms with Crippen LogP contribution in [0.3, 0.4) is 0 Å². The van der Waals surface area contributed by atoms with Crippen molar-refractivity contribution >= 4 is 5.97 Å². The molecule has 3 heteroatoms. The summed E-state index contributed by atoms with van der Waals surface area (Å²) in [4.78, 5) is 11.6. The van der Waals surface area contributed by atoms with Gasteiger partial charge in [-0.1, -0.05) is 48.5 Å². The second-order valence-corrected chi connectivity index (χ2v) is 4.18. The summed E-state index contributed by atoms with van der Waals surface area (Å²) < 4.78 is 5.12. The van der Waals surface area contributed by atoms with Gasteiger partial charge in [0.1, 0.15) is 6.73 Å². The SMILES string of the molecule is O=C(OCNCCc1ccccc1)c1ccccc1. The van der Waals surface area contributed by atoms with Crippen molar-refractivity contribution < 1.29 is 9.53 Å². The van der Waals surface area contributed by atoms with Gasteiger partial charge in [-0.2, -0.15) is 0 Å². The van der Waals surface area contributed by atoms with Crippen LogP contribution in [0, 0.1) is 0 Å². The third kappa shape index (κ3) is 4.56. The summed E-state index contributed by atoms with van der Waals surface area (Å²) in [6.07, 6.45) is 0.920. The van der Waals surface area contributed by atoms with Gasteiger partial charge in [-0.3, -0.25) is 5.32 Å². The van der Waals surface area contributed by atoms with Crippen LogP contribution in [0.1, 0.15) is 15.9 Å². The molecule has 3 nitrogen and oxygen atoms in total. The van der Waals surface area contributed by atoms with Crippen molar-refractivity contribution in [2.75, 3.05) is 13.3 Å². The standard InChI is InChI=1S/C16H17NO2/c18-16(15-9-5-2-6-10-15)19-13-17-12-11-14-7-3-1-4-8-14/h1-10,17H,11-13H2. The predicted octanol–water partition coefficient (Wildman–Crippen LogP) is 2.63. The molecular formula is C16H17NO2. The van der Waals surface area contributed by atoms with E-state index >= 15 is 0 Å². The van der Waals surface area contributed by atoms with Gasteiger partial charge in [0.05, 0.1) is 5.56 Å². The molecule has 2 aromatic rings. The number of carbonyl (C=O) groups is 1. The molecule has 0 aliphatic carbocycles. The Morgan fingerprint density at radius 1 is 0.947 bits per heavy atom. The van der Waals surface area contributed by atoms with Crippen molar-refractivity contribution in [3.8, 4) is 0 Å². The van der Waals surface area contributed by atoms with Gasteiger partial charge in [0, 0.05) is 6.54 Å². The lowest BCUT2D eigenvalue weighted by molar-refractivity contribution is 0.0473. The van der Waals surface area contributed by atoms with Gasteiger partial charge >= 0.3 is 5.97 Å². The molecule has 19 heavy (non-hydrogen) atoms. The molecular weight excluding hydrogens is 238 g/mol. The molecule has 1 N–H and O–H groups in total. The fourth-order valence-corrected chi connectivity index (χ4v) is 1.72. The Kier molecular flexibility index (Phi) is 5.14. The largest absolute Gasteiger partial charge is 0.446 e. The Hall–Kier alpha value is -2.13. The number of hydrogen-bond donors (Lipinski definition) is 1. The van der Waals surface area contributed by atoms with Crippen LogP contribution in [0.5, 0.6) is 0 Å². The van der Waals surface area contributed by atoms with E-state index < -0.39 is 0 Å². The number of benzene rings is 2. The zero-order chi connectivity index (χ0) is 13.3. The van der Waals surface area contributed by atoms with Gasteiger partial charge in [0.2, 0.25) is 0 Å². The summed E-state index contributed by atoms with van der Waals surface area (Å²) >= 11 is 0. The third-order valence-corrected chi connectivity index (χ3v) is 2.75. The number of carbonyl (C=O) groups excluding carboxylic acids is 1. The number of ether oxygens (including phenoxy) is 1. The second kappa shape index (κ2) is 7.34. The Morgan fingerprint density at radius 2 is 1.58 bits per heavy atom. The van der Waals surface area contributed by atoms with Crippen molar-refractivity contribution in [1.29, 1.82) is 0 Å². The van der Waals surface area contributed by atoms with Crippen molar-refractivity contribution in [3.05, 3.63) is 71.8 Å². The van der Waals surface area contributed by atoms with Gasteiger partial charge in [-0.15, -0.1) is 0 Å².